The molecule has 0 spiro atoms. The average molecular weight is 343 g/mol. The van der Waals surface area contributed by atoms with Crippen molar-refractivity contribution in [1.82, 2.24) is 5.01 Å². The maximum Gasteiger partial charge on any atom is 0.274 e. The Labute approximate surface area is 132 Å². The summed E-state index contributed by atoms with van der Waals surface area (Å²) in [5, 5.41) is 6.04. The summed E-state index contributed by atoms with van der Waals surface area (Å²) in [6.45, 7) is 1.96. The third-order valence-corrected chi connectivity index (χ3v) is 4.07. The fourth-order valence-corrected chi connectivity index (χ4v) is 2.77. The van der Waals surface area contributed by atoms with Gasteiger partial charge in [-0.2, -0.15) is 5.10 Å². The van der Waals surface area contributed by atoms with E-state index in [-0.39, 0.29) is 11.9 Å². The van der Waals surface area contributed by atoms with Crippen LogP contribution in [0.3, 0.4) is 0 Å². The smallest absolute Gasteiger partial charge is 0.267 e. The molecule has 1 unspecified atom stereocenters. The van der Waals surface area contributed by atoms with E-state index in [4.69, 9.17) is 0 Å². The molecule has 21 heavy (non-hydrogen) atoms. The molecular weight excluding hydrogens is 328 g/mol. The van der Waals surface area contributed by atoms with Crippen molar-refractivity contribution >= 4 is 27.5 Å². The van der Waals surface area contributed by atoms with Crippen molar-refractivity contribution in [3.05, 3.63) is 70.2 Å². The number of hydrogen-bond acceptors (Lipinski definition) is 2. The van der Waals surface area contributed by atoms with E-state index in [0.717, 1.165) is 22.2 Å². The highest BCUT2D eigenvalue weighted by Gasteiger charge is 2.31. The van der Waals surface area contributed by atoms with Crippen LogP contribution >= 0.6 is 15.9 Å². The van der Waals surface area contributed by atoms with Gasteiger partial charge in [0.2, 0.25) is 0 Å². The van der Waals surface area contributed by atoms with Gasteiger partial charge in [-0.1, -0.05) is 46.3 Å². The van der Waals surface area contributed by atoms with Crippen LogP contribution in [0.2, 0.25) is 0 Å². The highest BCUT2D eigenvalue weighted by Crippen LogP contribution is 2.31. The van der Waals surface area contributed by atoms with E-state index >= 15 is 0 Å². The van der Waals surface area contributed by atoms with E-state index in [1.807, 2.05) is 61.5 Å². The van der Waals surface area contributed by atoms with Gasteiger partial charge in [0.25, 0.3) is 5.91 Å². The summed E-state index contributed by atoms with van der Waals surface area (Å²) in [6.07, 6.45) is 0.784. The van der Waals surface area contributed by atoms with Crippen molar-refractivity contribution in [1.29, 1.82) is 0 Å². The molecule has 1 atom stereocenters. The summed E-state index contributed by atoms with van der Waals surface area (Å²) in [4.78, 5) is 12.7. The summed E-state index contributed by atoms with van der Waals surface area (Å²) < 4.78 is 0.958. The van der Waals surface area contributed by atoms with Crippen molar-refractivity contribution in [3.63, 3.8) is 0 Å². The van der Waals surface area contributed by atoms with Gasteiger partial charge in [-0.15, -0.1) is 0 Å². The van der Waals surface area contributed by atoms with Crippen LogP contribution in [0.15, 0.2) is 64.2 Å². The van der Waals surface area contributed by atoms with Crippen LogP contribution in [0.1, 0.15) is 35.3 Å². The Balaban J connectivity index is 1.91. The van der Waals surface area contributed by atoms with E-state index in [0.29, 0.717) is 5.56 Å². The van der Waals surface area contributed by atoms with E-state index in [1.165, 1.54) is 0 Å². The van der Waals surface area contributed by atoms with Gasteiger partial charge in [0.15, 0.2) is 0 Å². The topological polar surface area (TPSA) is 32.7 Å². The lowest BCUT2D eigenvalue weighted by molar-refractivity contribution is 0.0711. The zero-order valence-corrected chi connectivity index (χ0v) is 13.2. The van der Waals surface area contributed by atoms with Crippen LogP contribution in [0.5, 0.6) is 0 Å². The number of carbonyl (C=O) groups is 1. The average Bonchev–Trinajstić information content (AvgIpc) is 2.90. The van der Waals surface area contributed by atoms with Crippen molar-refractivity contribution < 1.29 is 4.79 Å². The molecule has 2 aromatic rings. The first kappa shape index (κ1) is 14.0. The third-order valence-electron chi connectivity index (χ3n) is 3.55. The summed E-state index contributed by atoms with van der Waals surface area (Å²) in [6, 6.07) is 17.4. The Morgan fingerprint density at radius 3 is 2.48 bits per heavy atom. The van der Waals surface area contributed by atoms with Crippen LogP contribution < -0.4 is 0 Å². The van der Waals surface area contributed by atoms with E-state index in [9.17, 15) is 4.79 Å². The summed E-state index contributed by atoms with van der Waals surface area (Å²) in [7, 11) is 0. The molecule has 3 rings (SSSR count). The van der Waals surface area contributed by atoms with Crippen LogP contribution in [-0.4, -0.2) is 16.6 Å². The quantitative estimate of drug-likeness (QED) is 0.795. The number of carbonyl (C=O) groups excluding carboxylic acids is 1. The zero-order chi connectivity index (χ0) is 14.8. The van der Waals surface area contributed by atoms with Gasteiger partial charge >= 0.3 is 0 Å². The second kappa shape index (κ2) is 5.82. The monoisotopic (exact) mass is 342 g/mol. The minimum Gasteiger partial charge on any atom is -0.267 e. The predicted octanol–water partition coefficient (Wildman–Crippen LogP) is 4.41. The lowest BCUT2D eigenvalue weighted by Gasteiger charge is -2.22. The molecule has 0 N–H and O–H groups in total. The van der Waals surface area contributed by atoms with Crippen LogP contribution in [0.4, 0.5) is 0 Å². The normalized spacial score (nSPS) is 17.7. The standard InChI is InChI=1S/C17H15BrN2O/c1-12-11-16(13-5-3-2-4-6-13)20(19-12)17(21)14-7-9-15(18)10-8-14/h2-10,16H,11H2,1H3. The largest absolute Gasteiger partial charge is 0.274 e. The lowest BCUT2D eigenvalue weighted by Crippen LogP contribution is -2.27. The molecule has 0 saturated carbocycles. The molecule has 1 aliphatic heterocycles. The van der Waals surface area contributed by atoms with E-state index < -0.39 is 0 Å². The first-order valence-electron chi connectivity index (χ1n) is 6.83. The molecule has 0 aliphatic carbocycles. The highest BCUT2D eigenvalue weighted by atomic mass is 79.9. The fourth-order valence-electron chi connectivity index (χ4n) is 2.51. The summed E-state index contributed by atoms with van der Waals surface area (Å²) >= 11 is 3.38. The fraction of sp³-hybridized carbons (Fsp3) is 0.176. The minimum absolute atomic E-state index is 0.0117. The molecule has 0 saturated heterocycles. The highest BCUT2D eigenvalue weighted by molar-refractivity contribution is 9.10. The molecule has 1 heterocycles. The number of amides is 1. The Bertz CT molecular complexity index is 680. The van der Waals surface area contributed by atoms with Gasteiger partial charge in [-0.25, -0.2) is 5.01 Å². The molecule has 0 radical (unpaired) electrons. The Morgan fingerprint density at radius 2 is 1.81 bits per heavy atom. The van der Waals surface area contributed by atoms with Crippen molar-refractivity contribution in [2.24, 2.45) is 5.10 Å². The molecule has 2 aromatic carbocycles. The van der Waals surface area contributed by atoms with Gasteiger partial charge < -0.3 is 0 Å². The second-order valence-corrected chi connectivity index (χ2v) is 6.04. The lowest BCUT2D eigenvalue weighted by atomic mass is 10.0. The van der Waals surface area contributed by atoms with Gasteiger partial charge in [-0.3, -0.25) is 4.79 Å². The first-order chi connectivity index (χ1) is 10.1. The molecule has 4 heteroatoms. The SMILES string of the molecule is CC1=NN(C(=O)c2ccc(Br)cc2)C(c2ccccc2)C1. The van der Waals surface area contributed by atoms with Crippen LogP contribution in [0.25, 0.3) is 0 Å². The maximum atomic E-state index is 12.7. The third kappa shape index (κ3) is 2.90. The number of rotatable bonds is 2. The maximum absolute atomic E-state index is 12.7. The molecule has 0 aromatic heterocycles. The van der Waals surface area contributed by atoms with Crippen molar-refractivity contribution in [2.75, 3.05) is 0 Å². The van der Waals surface area contributed by atoms with E-state index in [1.54, 1.807) is 5.01 Å². The molecule has 0 fully saturated rings. The predicted molar refractivity (Wildman–Crippen MR) is 87.2 cm³/mol. The molecule has 0 bridgehead atoms. The van der Waals surface area contributed by atoms with Crippen LogP contribution in [-0.2, 0) is 0 Å². The molecule has 3 nitrogen and oxygen atoms in total. The first-order valence-corrected chi connectivity index (χ1v) is 7.62. The van der Waals surface area contributed by atoms with Gasteiger partial charge in [0.05, 0.1) is 6.04 Å². The molecule has 1 amide bonds. The van der Waals surface area contributed by atoms with Gasteiger partial charge in [0.1, 0.15) is 0 Å². The number of benzene rings is 2. The summed E-state index contributed by atoms with van der Waals surface area (Å²) in [5.74, 6) is -0.0618. The Hall–Kier alpha value is -1.94. The summed E-state index contributed by atoms with van der Waals surface area (Å²) in [5.41, 5.74) is 2.75. The Morgan fingerprint density at radius 1 is 1.14 bits per heavy atom. The van der Waals surface area contributed by atoms with Crippen LogP contribution in [0, 0.1) is 0 Å². The van der Waals surface area contributed by atoms with E-state index in [2.05, 4.69) is 21.0 Å². The van der Waals surface area contributed by atoms with Crippen molar-refractivity contribution in [2.45, 2.75) is 19.4 Å². The number of halogens is 1. The Kier molecular flexibility index (Phi) is 3.88. The molecule has 1 aliphatic rings. The second-order valence-electron chi connectivity index (χ2n) is 5.12. The van der Waals surface area contributed by atoms with Crippen molar-refractivity contribution in [3.8, 4) is 0 Å². The van der Waals surface area contributed by atoms with Gasteiger partial charge in [-0.05, 0) is 36.8 Å². The minimum atomic E-state index is -0.0618. The number of hydrazone groups is 1. The molecule has 106 valence electrons. The number of nitrogens with zero attached hydrogens (tertiary/aromatic N) is 2. The molecular formula is C17H15BrN2O. The van der Waals surface area contributed by atoms with Gasteiger partial charge in [0, 0.05) is 22.2 Å². The zero-order valence-electron chi connectivity index (χ0n) is 11.7. The number of hydrogen-bond donors (Lipinski definition) is 0.